The number of carbonyl (C=O) groups is 1. The van der Waals surface area contributed by atoms with E-state index in [4.69, 9.17) is 0 Å². The molecule has 5 heteroatoms. The van der Waals surface area contributed by atoms with Gasteiger partial charge in [-0.3, -0.25) is 4.79 Å². The highest BCUT2D eigenvalue weighted by Gasteiger charge is 2.38. The van der Waals surface area contributed by atoms with Crippen molar-refractivity contribution in [2.45, 2.75) is 38.4 Å². The van der Waals surface area contributed by atoms with E-state index in [1.54, 1.807) is 17.9 Å². The molecule has 0 radical (unpaired) electrons. The van der Waals surface area contributed by atoms with E-state index < -0.39 is 17.8 Å². The molecular weight excluding hydrogens is 255 g/mol. The van der Waals surface area contributed by atoms with E-state index in [2.05, 4.69) is 0 Å². The van der Waals surface area contributed by atoms with Gasteiger partial charge >= 0.3 is 6.18 Å². The smallest absolute Gasteiger partial charge is 0.336 e. The van der Waals surface area contributed by atoms with Gasteiger partial charge in [-0.05, 0) is 24.5 Å². The Morgan fingerprint density at radius 2 is 2.05 bits per heavy atom. The highest BCUT2D eigenvalue weighted by molar-refractivity contribution is 5.76. The van der Waals surface area contributed by atoms with Gasteiger partial charge in [-0.15, -0.1) is 0 Å². The van der Waals surface area contributed by atoms with Crippen LogP contribution in [0.1, 0.15) is 43.4 Å². The number of nitrogens with zero attached hydrogens (tertiary/aromatic N) is 1. The fourth-order valence-corrected chi connectivity index (χ4v) is 2.64. The molecule has 1 aromatic carbocycles. The summed E-state index contributed by atoms with van der Waals surface area (Å²) in [5.74, 6) is -0.0838. The SMILES string of the molecule is CCC(=O)N1CCC[C@@H]1c1ccccc1C(F)(F)F. The standard InChI is InChI=1S/C14H16F3NO/c1-2-13(19)18-9-5-8-12(18)10-6-3-4-7-11(10)14(15,16)17/h3-4,6-7,12H,2,5,8-9H2,1H3/t12-/m1/s1. The number of hydrogen-bond acceptors (Lipinski definition) is 1. The highest BCUT2D eigenvalue weighted by Crippen LogP contribution is 2.40. The van der Waals surface area contributed by atoms with Crippen molar-refractivity contribution < 1.29 is 18.0 Å². The molecule has 0 bridgehead atoms. The molecule has 0 aromatic heterocycles. The minimum Gasteiger partial charge on any atom is -0.336 e. The third kappa shape index (κ3) is 2.74. The Bertz CT molecular complexity index is 470. The van der Waals surface area contributed by atoms with Gasteiger partial charge in [-0.25, -0.2) is 0 Å². The number of hydrogen-bond donors (Lipinski definition) is 0. The summed E-state index contributed by atoms with van der Waals surface area (Å²) in [7, 11) is 0. The highest BCUT2D eigenvalue weighted by atomic mass is 19.4. The molecule has 1 aliphatic heterocycles. The molecule has 1 saturated heterocycles. The van der Waals surface area contributed by atoms with Crippen molar-refractivity contribution in [2.24, 2.45) is 0 Å². The second-order valence-electron chi connectivity index (χ2n) is 4.68. The lowest BCUT2D eigenvalue weighted by Gasteiger charge is -2.27. The van der Waals surface area contributed by atoms with Gasteiger partial charge in [0.15, 0.2) is 0 Å². The number of benzene rings is 1. The molecule has 1 amide bonds. The van der Waals surface area contributed by atoms with Crippen molar-refractivity contribution >= 4 is 5.91 Å². The summed E-state index contributed by atoms with van der Waals surface area (Å²) in [6.45, 7) is 2.27. The number of carbonyl (C=O) groups excluding carboxylic acids is 1. The zero-order chi connectivity index (χ0) is 14.0. The normalized spacial score (nSPS) is 19.8. The van der Waals surface area contributed by atoms with Crippen molar-refractivity contribution in [1.29, 1.82) is 0 Å². The maximum atomic E-state index is 13.0. The fraction of sp³-hybridized carbons (Fsp3) is 0.500. The molecule has 1 aromatic rings. The van der Waals surface area contributed by atoms with E-state index in [0.717, 1.165) is 12.5 Å². The molecule has 1 atom stereocenters. The third-order valence-electron chi connectivity index (χ3n) is 3.50. The lowest BCUT2D eigenvalue weighted by Crippen LogP contribution is -2.30. The second-order valence-corrected chi connectivity index (χ2v) is 4.68. The van der Waals surface area contributed by atoms with E-state index in [1.165, 1.54) is 12.1 Å². The largest absolute Gasteiger partial charge is 0.416 e. The first kappa shape index (κ1) is 13.9. The maximum absolute atomic E-state index is 13.0. The third-order valence-corrected chi connectivity index (χ3v) is 3.50. The molecule has 0 unspecified atom stereocenters. The summed E-state index contributed by atoms with van der Waals surface area (Å²) >= 11 is 0. The van der Waals surface area contributed by atoms with Gasteiger partial charge in [0.1, 0.15) is 0 Å². The molecule has 0 aliphatic carbocycles. The first-order chi connectivity index (χ1) is 8.95. The molecule has 0 spiro atoms. The first-order valence-corrected chi connectivity index (χ1v) is 6.40. The number of alkyl halides is 3. The Kier molecular flexibility index (Phi) is 3.83. The Morgan fingerprint density at radius 3 is 2.68 bits per heavy atom. The summed E-state index contributed by atoms with van der Waals surface area (Å²) in [5, 5.41) is 0. The van der Waals surface area contributed by atoms with Gasteiger partial charge in [-0.2, -0.15) is 13.2 Å². The lowest BCUT2D eigenvalue weighted by atomic mass is 9.98. The van der Waals surface area contributed by atoms with E-state index in [0.29, 0.717) is 19.4 Å². The number of rotatable bonds is 2. The van der Waals surface area contributed by atoms with Crippen LogP contribution in [0.15, 0.2) is 24.3 Å². The summed E-state index contributed by atoms with van der Waals surface area (Å²) in [4.78, 5) is 13.4. The Morgan fingerprint density at radius 1 is 1.37 bits per heavy atom. The second kappa shape index (κ2) is 5.23. The van der Waals surface area contributed by atoms with Crippen molar-refractivity contribution in [1.82, 2.24) is 4.90 Å². The predicted octanol–water partition coefficient (Wildman–Crippen LogP) is 3.78. The fourth-order valence-electron chi connectivity index (χ4n) is 2.64. The molecule has 0 saturated carbocycles. The van der Waals surface area contributed by atoms with Crippen molar-refractivity contribution in [3.8, 4) is 0 Å². The van der Waals surface area contributed by atoms with Crippen molar-refractivity contribution in [2.75, 3.05) is 6.54 Å². The van der Waals surface area contributed by atoms with Gasteiger partial charge in [0.05, 0.1) is 11.6 Å². The average Bonchev–Trinajstić information content (AvgIpc) is 2.86. The average molecular weight is 271 g/mol. The Hall–Kier alpha value is -1.52. The van der Waals surface area contributed by atoms with Crippen LogP contribution in [0.3, 0.4) is 0 Å². The lowest BCUT2D eigenvalue weighted by molar-refractivity contribution is -0.140. The summed E-state index contributed by atoms with van der Waals surface area (Å²) in [6.07, 6.45) is -2.70. The van der Waals surface area contributed by atoms with Crippen LogP contribution < -0.4 is 0 Å². The zero-order valence-corrected chi connectivity index (χ0v) is 10.7. The van der Waals surface area contributed by atoms with E-state index in [1.807, 2.05) is 0 Å². The number of likely N-dealkylation sites (tertiary alicyclic amines) is 1. The van der Waals surface area contributed by atoms with Crippen molar-refractivity contribution in [3.05, 3.63) is 35.4 Å². The van der Waals surface area contributed by atoms with Crippen LogP contribution >= 0.6 is 0 Å². The molecule has 2 rings (SSSR count). The monoisotopic (exact) mass is 271 g/mol. The maximum Gasteiger partial charge on any atom is 0.416 e. The van der Waals surface area contributed by atoms with Gasteiger partial charge in [0.2, 0.25) is 5.91 Å². The first-order valence-electron chi connectivity index (χ1n) is 6.40. The van der Waals surface area contributed by atoms with Crippen LogP contribution in [0.5, 0.6) is 0 Å². The summed E-state index contributed by atoms with van der Waals surface area (Å²) < 4.78 is 39.0. The Labute approximate surface area is 110 Å². The molecule has 0 N–H and O–H groups in total. The van der Waals surface area contributed by atoms with Gasteiger partial charge < -0.3 is 4.90 Å². The van der Waals surface area contributed by atoms with Crippen LogP contribution in [0, 0.1) is 0 Å². The Balaban J connectivity index is 2.39. The number of halogens is 3. The zero-order valence-electron chi connectivity index (χ0n) is 10.7. The topological polar surface area (TPSA) is 20.3 Å². The van der Waals surface area contributed by atoms with Crippen LogP contribution in [0.2, 0.25) is 0 Å². The predicted molar refractivity (Wildman–Crippen MR) is 65.4 cm³/mol. The molecule has 1 aliphatic rings. The van der Waals surface area contributed by atoms with E-state index >= 15 is 0 Å². The molecule has 19 heavy (non-hydrogen) atoms. The molecular formula is C14H16F3NO. The summed E-state index contributed by atoms with van der Waals surface area (Å²) in [5.41, 5.74) is -0.412. The van der Waals surface area contributed by atoms with Crippen LogP contribution in [-0.2, 0) is 11.0 Å². The quantitative estimate of drug-likeness (QED) is 0.801. The summed E-state index contributed by atoms with van der Waals surface area (Å²) in [6, 6.07) is 5.10. The van der Waals surface area contributed by atoms with Crippen LogP contribution in [0.4, 0.5) is 13.2 Å². The molecule has 104 valence electrons. The molecule has 1 heterocycles. The number of amides is 1. The molecule has 1 fully saturated rings. The van der Waals surface area contributed by atoms with Crippen molar-refractivity contribution in [3.63, 3.8) is 0 Å². The van der Waals surface area contributed by atoms with Gasteiger partial charge in [0, 0.05) is 13.0 Å². The van der Waals surface area contributed by atoms with Gasteiger partial charge in [-0.1, -0.05) is 25.1 Å². The minimum atomic E-state index is -4.37. The van der Waals surface area contributed by atoms with Crippen LogP contribution in [-0.4, -0.2) is 17.4 Å². The van der Waals surface area contributed by atoms with Gasteiger partial charge in [0.25, 0.3) is 0 Å². The van der Waals surface area contributed by atoms with Crippen LogP contribution in [0.25, 0.3) is 0 Å². The molecule has 2 nitrogen and oxygen atoms in total. The minimum absolute atomic E-state index is 0.0838. The van der Waals surface area contributed by atoms with E-state index in [-0.39, 0.29) is 11.5 Å². The van der Waals surface area contributed by atoms with E-state index in [9.17, 15) is 18.0 Å².